The molecule has 0 aliphatic heterocycles. The molecule has 0 amide bonds. The summed E-state index contributed by atoms with van der Waals surface area (Å²) in [6.45, 7) is 16.8. The Morgan fingerprint density at radius 3 is 1.67 bits per heavy atom. The van der Waals surface area contributed by atoms with Gasteiger partial charge in [0.2, 0.25) is 0 Å². The fraction of sp³-hybridized carbons (Fsp3) is 0.571. The summed E-state index contributed by atoms with van der Waals surface area (Å²) in [6.07, 6.45) is 25.9. The smallest absolute Gasteiger partial charge is 0.348 e. The molecule has 0 aliphatic rings. The van der Waals surface area contributed by atoms with Gasteiger partial charge in [0.25, 0.3) is 0 Å². The number of rotatable bonds is 22. The predicted octanol–water partition coefficient (Wildman–Crippen LogP) is 13.4. The van der Waals surface area contributed by atoms with Crippen molar-refractivity contribution in [3.05, 3.63) is 102 Å². The minimum atomic E-state index is 0. The Hall–Kier alpha value is -2.17. The van der Waals surface area contributed by atoms with Crippen LogP contribution in [0.3, 0.4) is 0 Å². The molecule has 0 aromatic heterocycles. The Bertz CT molecular complexity index is 1060. The van der Waals surface area contributed by atoms with Crippen LogP contribution in [-0.4, -0.2) is 10.7 Å². The number of aryl methyl sites for hydroxylation is 2. The molecule has 2 aromatic carbocycles. The molecule has 0 saturated heterocycles. The summed E-state index contributed by atoms with van der Waals surface area (Å²) in [4.78, 5) is 3.32. The molecule has 0 spiro atoms. The van der Waals surface area contributed by atoms with Gasteiger partial charge < -0.3 is 19.4 Å². The average Bonchev–Trinajstić information content (AvgIpc) is 3.07. The van der Waals surface area contributed by atoms with Gasteiger partial charge in [-0.3, -0.25) is 0 Å². The number of hydrogen-bond donors (Lipinski definition) is 0. The van der Waals surface area contributed by atoms with Gasteiger partial charge in [-0.1, -0.05) is 153 Å². The van der Waals surface area contributed by atoms with Crippen LogP contribution in [0.25, 0.3) is 11.1 Å². The first-order chi connectivity index (χ1) is 21.7. The van der Waals surface area contributed by atoms with Crippen LogP contribution in [0.1, 0.15) is 166 Å². The third-order valence-corrected chi connectivity index (χ3v) is 7.95. The van der Waals surface area contributed by atoms with Gasteiger partial charge in [0.1, 0.15) is 0 Å². The van der Waals surface area contributed by atoms with Crippen LogP contribution in [0.4, 0.5) is 0 Å². The van der Waals surface area contributed by atoms with Gasteiger partial charge in [0, 0.05) is 0 Å². The summed E-state index contributed by atoms with van der Waals surface area (Å²) in [5.74, 6) is 2.90. The fourth-order valence-corrected chi connectivity index (χ4v) is 5.44. The number of allylic oxidation sites excluding steroid dienone is 2. The number of unbranched alkanes of at least 4 members (excludes halogenated alkanes) is 13. The number of nitrogens with zero attached hydrogens (tertiary/aromatic N) is 2. The second-order valence-electron chi connectivity index (χ2n) is 11.5. The first kappa shape index (κ1) is 45.0. The molecule has 0 N–H and O–H groups in total. The molecule has 0 heterocycles. The van der Waals surface area contributed by atoms with Gasteiger partial charge in [0.05, 0.1) is 5.57 Å². The Morgan fingerprint density at radius 2 is 1.11 bits per heavy atom. The molecule has 3 heteroatoms. The van der Waals surface area contributed by atoms with Crippen LogP contribution < -0.4 is 0 Å². The van der Waals surface area contributed by atoms with E-state index in [1.54, 1.807) is 13.8 Å². The zero-order valence-corrected chi connectivity index (χ0v) is 30.7. The third-order valence-electron chi connectivity index (χ3n) is 7.95. The summed E-state index contributed by atoms with van der Waals surface area (Å²) < 4.78 is 0. The monoisotopic (exact) mass is 656 g/mol. The van der Waals surface area contributed by atoms with Crippen LogP contribution >= 0.6 is 0 Å². The van der Waals surface area contributed by atoms with E-state index in [1.165, 1.54) is 124 Å². The molecule has 45 heavy (non-hydrogen) atoms. The summed E-state index contributed by atoms with van der Waals surface area (Å²) in [5.41, 5.74) is 16.8. The van der Waals surface area contributed by atoms with Gasteiger partial charge >= 0.3 is 22.4 Å². The molecule has 254 valence electrons. The number of hydrogen-bond acceptors (Lipinski definition) is 0. The minimum absolute atomic E-state index is 0. The van der Waals surface area contributed by atoms with Crippen molar-refractivity contribution in [2.45, 2.75) is 157 Å². The normalized spacial score (nSPS) is 10.3. The molecular weight excluding hydrogens is 591 g/mol. The molecule has 0 bridgehead atoms. The van der Waals surface area contributed by atoms with Crippen LogP contribution in [0, 0.1) is 13.8 Å². The van der Waals surface area contributed by atoms with Crippen molar-refractivity contribution in [1.82, 2.24) is 0 Å². The van der Waals surface area contributed by atoms with Gasteiger partial charge in [-0.2, -0.15) is 13.8 Å². The largest absolute Gasteiger partial charge is 2.00 e. The fourth-order valence-electron chi connectivity index (χ4n) is 5.44. The van der Waals surface area contributed by atoms with E-state index < -0.39 is 0 Å². The van der Waals surface area contributed by atoms with E-state index in [9.17, 15) is 5.53 Å². The maximum Gasteiger partial charge on any atom is 2.00 e. The molecule has 0 unspecified atom stereocenters. The van der Waals surface area contributed by atoms with Crippen molar-refractivity contribution in [2.24, 2.45) is 0 Å². The van der Waals surface area contributed by atoms with Crippen molar-refractivity contribution >= 4 is 11.4 Å². The van der Waals surface area contributed by atoms with Crippen molar-refractivity contribution in [3.63, 3.8) is 0 Å². The maximum absolute atomic E-state index is 9.40. The zero-order valence-electron chi connectivity index (χ0n) is 29.8. The summed E-state index contributed by atoms with van der Waals surface area (Å²) in [6, 6.07) is 18.2. The van der Waals surface area contributed by atoms with Crippen LogP contribution in [0.2, 0.25) is 0 Å². The zero-order chi connectivity index (χ0) is 32.7. The molecule has 0 radical (unpaired) electrons. The van der Waals surface area contributed by atoms with Gasteiger partial charge in [-0.15, -0.1) is 4.79 Å². The predicted molar refractivity (Wildman–Crippen MR) is 197 cm³/mol. The van der Waals surface area contributed by atoms with E-state index in [4.69, 9.17) is 0 Å². The summed E-state index contributed by atoms with van der Waals surface area (Å²) >= 11 is 0. The molecule has 0 aliphatic carbocycles. The molecular formula is C42H66N2Ni. The van der Waals surface area contributed by atoms with Crippen LogP contribution in [0.5, 0.6) is 0 Å². The van der Waals surface area contributed by atoms with E-state index in [0.29, 0.717) is 0 Å². The first-order valence-corrected chi connectivity index (χ1v) is 18.0. The number of benzene rings is 2. The summed E-state index contributed by atoms with van der Waals surface area (Å²) in [5, 5.41) is 0. The molecule has 0 fully saturated rings. The molecule has 2 aromatic rings. The average molecular weight is 658 g/mol. The van der Waals surface area contributed by atoms with Gasteiger partial charge in [0.15, 0.2) is 0 Å². The van der Waals surface area contributed by atoms with Crippen molar-refractivity contribution in [3.8, 4) is 0 Å². The van der Waals surface area contributed by atoms with Crippen LogP contribution in [0.15, 0.2) is 60.2 Å². The third kappa shape index (κ3) is 22.1. The van der Waals surface area contributed by atoms with Gasteiger partial charge in [-0.25, -0.2) is 0 Å². The minimum Gasteiger partial charge on any atom is -0.348 e. The van der Waals surface area contributed by atoms with E-state index in [1.807, 2.05) is 0 Å². The Balaban J connectivity index is 0. The second kappa shape index (κ2) is 33.2. The van der Waals surface area contributed by atoms with Gasteiger partial charge in [-0.05, 0) is 72.4 Å². The quantitative estimate of drug-likeness (QED) is 0.0230. The van der Waals surface area contributed by atoms with Crippen molar-refractivity contribution < 1.29 is 21.3 Å². The molecule has 0 saturated carbocycles. The Kier molecular flexibility index (Phi) is 33.2. The van der Waals surface area contributed by atoms with Crippen LogP contribution in [-0.2, 0) is 29.3 Å². The Morgan fingerprint density at radius 1 is 0.622 bits per heavy atom. The van der Waals surface area contributed by atoms with Crippen molar-refractivity contribution in [2.75, 3.05) is 0 Å². The van der Waals surface area contributed by atoms with E-state index >= 15 is 0 Å². The SMILES string of the molecule is CCCCCCCCC(=C=[N+]=[N-])C=C(c1ccc(CCCCCCCC)cc1)c1cccc(CCCCCC)c1.[CH2-]C.[CH2-]C.[Ni+2]. The van der Waals surface area contributed by atoms with Crippen molar-refractivity contribution in [1.29, 1.82) is 0 Å². The maximum atomic E-state index is 9.40. The topological polar surface area (TPSA) is 36.4 Å². The molecule has 2 rings (SSSR count). The standard InChI is InChI=1S/C38H56N2.2C2H5.Ni/c1-4-7-10-13-15-18-21-33-26-28-36(29-27-33)38(31-35(32-40-39)23-19-16-14-11-8-5-2)37-25-20-24-34(30-37)22-17-12-9-6-3;2*1-2;/h20,24-31H,4-19,21-23H2,1-3H3;2*1H2,2H3;/q;2*-1;+2. The Labute approximate surface area is 290 Å². The molecule has 2 nitrogen and oxygen atoms in total. The summed E-state index contributed by atoms with van der Waals surface area (Å²) in [7, 11) is 0. The van der Waals surface area contributed by atoms with E-state index in [0.717, 1.165) is 31.3 Å². The van der Waals surface area contributed by atoms with E-state index in [-0.39, 0.29) is 16.5 Å². The first-order valence-electron chi connectivity index (χ1n) is 18.0. The second-order valence-corrected chi connectivity index (χ2v) is 11.5. The molecule has 0 atom stereocenters. The van der Waals surface area contributed by atoms with E-state index in [2.05, 4.69) is 99.9 Å².